The van der Waals surface area contributed by atoms with Crippen LogP contribution in [-0.4, -0.2) is 42.7 Å². The zero-order chi connectivity index (χ0) is 35.9. The van der Waals surface area contributed by atoms with Gasteiger partial charge in [-0.1, -0.05) is 53.7 Å². The molecule has 0 unspecified atom stereocenters. The summed E-state index contributed by atoms with van der Waals surface area (Å²) in [6.07, 6.45) is 0. The van der Waals surface area contributed by atoms with Crippen molar-refractivity contribution < 1.29 is 17.5 Å². The number of fused-ring (bicyclic) bond motifs is 1. The van der Waals surface area contributed by atoms with Crippen LogP contribution >= 0.6 is 11.3 Å². The summed E-state index contributed by atoms with van der Waals surface area (Å²) in [6, 6.07) is 22.0. The van der Waals surface area contributed by atoms with E-state index in [1.54, 1.807) is 0 Å². The van der Waals surface area contributed by atoms with Crippen LogP contribution in [0.3, 0.4) is 0 Å². The van der Waals surface area contributed by atoms with Gasteiger partial charge in [0.05, 0.1) is 24.3 Å². The quantitative estimate of drug-likeness (QED) is 0.158. The summed E-state index contributed by atoms with van der Waals surface area (Å²) < 4.78 is 43.2. The molecule has 258 valence electrons. The summed E-state index contributed by atoms with van der Waals surface area (Å²) in [7, 11) is -4.39. The molecule has 7 rings (SSSR count). The van der Waals surface area contributed by atoms with Gasteiger partial charge >= 0.3 is 10.1 Å². The van der Waals surface area contributed by atoms with Crippen molar-refractivity contribution in [2.45, 2.75) is 65.8 Å². The molecule has 0 fully saturated rings. The average molecular weight is 710 g/mol. The molecule has 0 atom stereocenters. The largest absolute Gasteiger partial charge is 0.381 e. The third kappa shape index (κ3) is 7.11. The molecule has 7 aromatic rings. The summed E-state index contributed by atoms with van der Waals surface area (Å²) in [5, 5.41) is 14.3. The maximum atomic E-state index is 12.3. The van der Waals surface area contributed by atoms with Gasteiger partial charge in [-0.25, -0.2) is 0 Å². The fourth-order valence-corrected chi connectivity index (χ4v) is 8.07. The summed E-state index contributed by atoms with van der Waals surface area (Å²) in [5.41, 5.74) is 16.1. The predicted octanol–water partition coefficient (Wildman–Crippen LogP) is 7.78. The van der Waals surface area contributed by atoms with Gasteiger partial charge in [0.15, 0.2) is 10.0 Å². The number of hydrogen-bond acceptors (Lipinski definition) is 9. The van der Waals surface area contributed by atoms with E-state index in [0.29, 0.717) is 24.5 Å². The predicted molar refractivity (Wildman–Crippen MR) is 197 cm³/mol. The van der Waals surface area contributed by atoms with Gasteiger partial charge in [-0.2, -0.15) is 18.6 Å². The second-order valence-electron chi connectivity index (χ2n) is 12.5. The van der Waals surface area contributed by atoms with Crippen LogP contribution in [0.1, 0.15) is 50.1 Å². The second kappa shape index (κ2) is 13.7. The third-order valence-electron chi connectivity index (χ3n) is 8.55. The lowest BCUT2D eigenvalue weighted by atomic mass is 9.98. The third-order valence-corrected chi connectivity index (χ3v) is 11.0. The molecular weight excluding hydrogens is 671 g/mol. The van der Waals surface area contributed by atoms with Crippen molar-refractivity contribution in [1.29, 1.82) is 0 Å². The molecule has 0 spiro atoms. The summed E-state index contributed by atoms with van der Waals surface area (Å²) in [5.74, 6) is 1.28. The average Bonchev–Trinajstić information content (AvgIpc) is 3.80. The molecule has 0 saturated heterocycles. The van der Waals surface area contributed by atoms with Crippen molar-refractivity contribution in [3.8, 4) is 22.4 Å². The Morgan fingerprint density at radius 1 is 0.840 bits per heavy atom. The number of pyridine rings is 1. The highest BCUT2D eigenvalue weighted by molar-refractivity contribution is 7.88. The number of nitrogens with zero attached hydrogens (tertiary/aromatic N) is 6. The van der Waals surface area contributed by atoms with Crippen LogP contribution in [0.2, 0.25) is 0 Å². The Bertz CT molecular complexity index is 2440. The van der Waals surface area contributed by atoms with E-state index in [0.717, 1.165) is 89.2 Å². The van der Waals surface area contributed by atoms with E-state index < -0.39 is 10.1 Å². The molecule has 0 saturated carbocycles. The highest BCUT2D eigenvalue weighted by Crippen LogP contribution is 2.38. The molecule has 0 bridgehead atoms. The van der Waals surface area contributed by atoms with Crippen molar-refractivity contribution in [2.24, 2.45) is 0 Å². The maximum absolute atomic E-state index is 12.3. The lowest BCUT2D eigenvalue weighted by Gasteiger charge is -2.14. The first kappa shape index (κ1) is 34.7. The van der Waals surface area contributed by atoms with E-state index in [2.05, 4.69) is 34.5 Å². The van der Waals surface area contributed by atoms with Crippen LogP contribution in [0, 0.1) is 48.5 Å². The monoisotopic (exact) mass is 709 g/mol. The number of aromatic nitrogens is 6. The number of nitrogens with two attached hydrogens (primary N) is 1. The molecule has 5 aromatic heterocycles. The number of hydrogen-bond donors (Lipinski definition) is 2. The summed E-state index contributed by atoms with van der Waals surface area (Å²) in [4.78, 5) is 5.52. The molecule has 11 nitrogen and oxygen atoms in total. The zero-order valence-corrected chi connectivity index (χ0v) is 30.6. The zero-order valence-electron chi connectivity index (χ0n) is 29.0. The second-order valence-corrected chi connectivity index (χ2v) is 15.3. The molecule has 0 aliphatic heterocycles. The van der Waals surface area contributed by atoms with Gasteiger partial charge < -0.3 is 10.3 Å². The fraction of sp³-hybridized carbons (Fsp3) is 0.243. The smallest absolute Gasteiger partial charge is 0.304 e. The first-order chi connectivity index (χ1) is 23.7. The van der Waals surface area contributed by atoms with Crippen molar-refractivity contribution in [2.75, 3.05) is 5.73 Å². The van der Waals surface area contributed by atoms with Crippen molar-refractivity contribution in [3.05, 3.63) is 117 Å². The Balaban J connectivity index is 0.000000477. The van der Waals surface area contributed by atoms with E-state index >= 15 is 0 Å². The highest BCUT2D eigenvalue weighted by atomic mass is 32.3. The van der Waals surface area contributed by atoms with E-state index in [4.69, 9.17) is 20.3 Å². The van der Waals surface area contributed by atoms with E-state index in [1.807, 2.05) is 100 Å². The number of nitrogen functional groups attached to an aromatic ring is 1. The molecule has 5 heterocycles. The Morgan fingerprint density at radius 3 is 2.18 bits per heavy atom. The van der Waals surface area contributed by atoms with E-state index in [1.165, 1.54) is 0 Å². The summed E-state index contributed by atoms with van der Waals surface area (Å²) in [6.45, 7) is 14.5. The number of thiophene rings is 1. The minimum absolute atomic E-state index is 0.0496. The van der Waals surface area contributed by atoms with Crippen LogP contribution in [0.15, 0.2) is 75.5 Å². The van der Waals surface area contributed by atoms with Crippen LogP contribution in [0.25, 0.3) is 33.3 Å². The lowest BCUT2D eigenvalue weighted by molar-refractivity contribution is 0.399. The normalized spacial score (nSPS) is 11.6. The van der Waals surface area contributed by atoms with Crippen molar-refractivity contribution in [1.82, 2.24) is 29.7 Å². The highest BCUT2D eigenvalue weighted by Gasteiger charge is 2.23. The van der Waals surface area contributed by atoms with Gasteiger partial charge in [-0.3, -0.25) is 18.9 Å². The SMILES string of the molecule is Cc1cc2c(c(C)n1)c(-c1ccccc1)nn2Cc1ccc(-c2cc(C)sc2S(=O)(=O)O)c(Cn2nc(C)cc2C)c1.Cc1onc(N)c1C. The van der Waals surface area contributed by atoms with Gasteiger partial charge in [-0.15, -0.1) is 11.3 Å². The number of aryl methyl sites for hydroxylation is 6. The van der Waals surface area contributed by atoms with E-state index in [-0.39, 0.29) is 4.21 Å². The molecule has 0 amide bonds. The Morgan fingerprint density at radius 2 is 1.58 bits per heavy atom. The van der Waals surface area contributed by atoms with Crippen molar-refractivity contribution >= 4 is 38.2 Å². The van der Waals surface area contributed by atoms with Gasteiger partial charge in [0.25, 0.3) is 0 Å². The van der Waals surface area contributed by atoms with Crippen molar-refractivity contribution in [3.63, 3.8) is 0 Å². The minimum atomic E-state index is -4.39. The Hall–Kier alpha value is -5.11. The molecule has 13 heteroatoms. The Labute approximate surface area is 295 Å². The number of benzene rings is 2. The van der Waals surface area contributed by atoms with Gasteiger partial charge in [0.1, 0.15) is 11.5 Å². The molecule has 3 N–H and O–H groups in total. The van der Waals surface area contributed by atoms with Gasteiger partial charge in [-0.05, 0) is 83.4 Å². The van der Waals surface area contributed by atoms with Crippen LogP contribution < -0.4 is 5.73 Å². The molecular formula is C37H39N7O4S2. The first-order valence-electron chi connectivity index (χ1n) is 16.0. The number of anilines is 1. The fourth-order valence-electron chi connectivity index (χ4n) is 6.06. The van der Waals surface area contributed by atoms with Gasteiger partial charge in [0.2, 0.25) is 0 Å². The van der Waals surface area contributed by atoms with Crippen LogP contribution in [-0.2, 0) is 23.2 Å². The first-order valence-corrected chi connectivity index (χ1v) is 18.2. The molecule has 0 aliphatic rings. The van der Waals surface area contributed by atoms with Gasteiger partial charge in [0, 0.05) is 44.0 Å². The summed E-state index contributed by atoms with van der Waals surface area (Å²) >= 11 is 1.07. The molecule has 0 radical (unpaired) electrons. The maximum Gasteiger partial charge on any atom is 0.304 e. The minimum Gasteiger partial charge on any atom is -0.381 e. The van der Waals surface area contributed by atoms with Crippen LogP contribution in [0.5, 0.6) is 0 Å². The lowest BCUT2D eigenvalue weighted by Crippen LogP contribution is -2.08. The van der Waals surface area contributed by atoms with Crippen LogP contribution in [0.4, 0.5) is 5.82 Å². The molecule has 50 heavy (non-hydrogen) atoms. The van der Waals surface area contributed by atoms with E-state index in [9.17, 15) is 13.0 Å². The Kier molecular flexibility index (Phi) is 9.49. The molecule has 0 aliphatic carbocycles. The number of rotatable bonds is 7. The topological polar surface area (TPSA) is 155 Å². The standard InChI is InChI=1S/C32H31N5O3S2.C5H8N2O/c1-19-14-29-30(23(5)33-19)31(25-9-7-6-8-10-25)35-37(29)17-24-11-12-27(28-15-22(4)41-32(28)42(38,39)40)26(16-24)18-36-21(3)13-20(2)34-36;1-3-4(2)8-7-5(3)6/h6-16H,17-18H2,1-5H3,(H,38,39,40);1-2H3,(H2,6,7). The molecule has 2 aromatic carbocycles.